The number of fused-ring (bicyclic) bond motifs is 1. The Kier molecular flexibility index (Phi) is 4.06. The van der Waals surface area contributed by atoms with Crippen molar-refractivity contribution >= 4 is 16.7 Å². The van der Waals surface area contributed by atoms with Crippen LogP contribution in [-0.4, -0.2) is 11.0 Å². The molecular weight excluding hydrogens is 258 g/mol. The second kappa shape index (κ2) is 6.13. The average molecular weight is 279 g/mol. The van der Waals surface area contributed by atoms with E-state index in [4.69, 9.17) is 0 Å². The Morgan fingerprint density at radius 3 is 2.90 bits per heavy atom. The van der Waals surface area contributed by atoms with Gasteiger partial charge in [-0.15, -0.1) is 0 Å². The van der Waals surface area contributed by atoms with Gasteiger partial charge < -0.3 is 5.32 Å². The summed E-state index contributed by atoms with van der Waals surface area (Å²) in [7, 11) is 0. The SMILES string of the molecule is CCC1CCCCC1Nc1cc(C#N)c2ccccc2n1. The Bertz CT molecular complexity index is 672. The van der Waals surface area contributed by atoms with Gasteiger partial charge in [-0.25, -0.2) is 4.98 Å². The summed E-state index contributed by atoms with van der Waals surface area (Å²) in [6.07, 6.45) is 6.33. The highest BCUT2D eigenvalue weighted by atomic mass is 15.0. The molecule has 3 nitrogen and oxygen atoms in total. The standard InChI is InChI=1S/C18H21N3/c1-2-13-7-3-5-9-16(13)20-18-11-14(12-19)15-8-4-6-10-17(15)21-18/h4,6,8,10-11,13,16H,2-3,5,7,9H2,1H3,(H,20,21). The van der Waals surface area contributed by atoms with Crippen molar-refractivity contribution in [3.8, 4) is 6.07 Å². The third kappa shape index (κ3) is 2.85. The van der Waals surface area contributed by atoms with Crippen LogP contribution in [0.2, 0.25) is 0 Å². The summed E-state index contributed by atoms with van der Waals surface area (Å²) < 4.78 is 0. The van der Waals surface area contributed by atoms with Crippen molar-refractivity contribution in [2.24, 2.45) is 5.92 Å². The van der Waals surface area contributed by atoms with Crippen molar-refractivity contribution in [3.05, 3.63) is 35.9 Å². The Labute approximate surface area is 126 Å². The van der Waals surface area contributed by atoms with Gasteiger partial charge in [0, 0.05) is 11.4 Å². The van der Waals surface area contributed by atoms with Crippen molar-refractivity contribution in [3.63, 3.8) is 0 Å². The molecule has 0 radical (unpaired) electrons. The number of nitriles is 1. The first-order valence-electron chi connectivity index (χ1n) is 7.88. The Morgan fingerprint density at radius 1 is 1.29 bits per heavy atom. The molecule has 1 fully saturated rings. The van der Waals surface area contributed by atoms with Crippen LogP contribution in [0.15, 0.2) is 30.3 Å². The fourth-order valence-electron chi connectivity index (χ4n) is 3.42. The molecule has 2 atom stereocenters. The smallest absolute Gasteiger partial charge is 0.128 e. The maximum absolute atomic E-state index is 9.36. The van der Waals surface area contributed by atoms with E-state index in [2.05, 4.69) is 23.3 Å². The lowest BCUT2D eigenvalue weighted by molar-refractivity contribution is 0.317. The molecular formula is C18H21N3. The predicted molar refractivity (Wildman–Crippen MR) is 86.1 cm³/mol. The summed E-state index contributed by atoms with van der Waals surface area (Å²) in [6.45, 7) is 2.26. The van der Waals surface area contributed by atoms with E-state index >= 15 is 0 Å². The first-order chi connectivity index (χ1) is 10.3. The monoisotopic (exact) mass is 279 g/mol. The van der Waals surface area contributed by atoms with Crippen LogP contribution in [0.4, 0.5) is 5.82 Å². The fourth-order valence-corrected chi connectivity index (χ4v) is 3.42. The molecule has 3 heteroatoms. The van der Waals surface area contributed by atoms with Gasteiger partial charge in [0.05, 0.1) is 17.1 Å². The molecule has 1 saturated carbocycles. The van der Waals surface area contributed by atoms with Crippen molar-refractivity contribution in [2.75, 3.05) is 5.32 Å². The summed E-state index contributed by atoms with van der Waals surface area (Å²) in [6, 6.07) is 12.5. The summed E-state index contributed by atoms with van der Waals surface area (Å²) in [5, 5.41) is 13.9. The molecule has 1 aliphatic carbocycles. The van der Waals surface area contributed by atoms with Crippen LogP contribution in [0.5, 0.6) is 0 Å². The van der Waals surface area contributed by atoms with E-state index in [1.54, 1.807) is 0 Å². The number of pyridine rings is 1. The second-order valence-corrected chi connectivity index (χ2v) is 5.89. The van der Waals surface area contributed by atoms with Crippen molar-refractivity contribution in [2.45, 2.75) is 45.1 Å². The van der Waals surface area contributed by atoms with Crippen LogP contribution in [0.3, 0.4) is 0 Å². The predicted octanol–water partition coefficient (Wildman–Crippen LogP) is 4.49. The lowest BCUT2D eigenvalue weighted by atomic mass is 9.83. The minimum Gasteiger partial charge on any atom is -0.367 e. The molecule has 1 aliphatic rings. The highest BCUT2D eigenvalue weighted by Crippen LogP contribution is 2.30. The maximum Gasteiger partial charge on any atom is 0.128 e. The van der Waals surface area contributed by atoms with E-state index in [1.807, 2.05) is 30.3 Å². The summed E-state index contributed by atoms with van der Waals surface area (Å²) in [5.41, 5.74) is 1.59. The number of anilines is 1. The number of benzene rings is 1. The number of hydrogen-bond donors (Lipinski definition) is 1. The van der Waals surface area contributed by atoms with E-state index in [9.17, 15) is 5.26 Å². The fraction of sp³-hybridized carbons (Fsp3) is 0.444. The zero-order valence-corrected chi connectivity index (χ0v) is 12.5. The number of nitrogens with zero attached hydrogens (tertiary/aromatic N) is 2. The lowest BCUT2D eigenvalue weighted by Crippen LogP contribution is -2.32. The van der Waals surface area contributed by atoms with Crippen molar-refractivity contribution in [1.82, 2.24) is 4.98 Å². The summed E-state index contributed by atoms with van der Waals surface area (Å²) >= 11 is 0. The molecule has 2 unspecified atom stereocenters. The quantitative estimate of drug-likeness (QED) is 0.900. The largest absolute Gasteiger partial charge is 0.367 e. The molecule has 1 aromatic heterocycles. The van der Waals surface area contributed by atoms with E-state index in [0.29, 0.717) is 11.6 Å². The van der Waals surface area contributed by atoms with Crippen LogP contribution in [0.25, 0.3) is 10.9 Å². The summed E-state index contributed by atoms with van der Waals surface area (Å²) in [5.74, 6) is 1.56. The number of nitrogens with one attached hydrogen (secondary N) is 1. The number of hydrogen-bond acceptors (Lipinski definition) is 3. The zero-order valence-electron chi connectivity index (χ0n) is 12.5. The van der Waals surface area contributed by atoms with Crippen LogP contribution >= 0.6 is 0 Å². The molecule has 0 aliphatic heterocycles. The first kappa shape index (κ1) is 13.9. The minimum atomic E-state index is 0.490. The Hall–Kier alpha value is -2.08. The molecule has 3 rings (SSSR count). The number of para-hydroxylation sites is 1. The molecule has 0 bridgehead atoms. The third-order valence-corrected chi connectivity index (χ3v) is 4.60. The summed E-state index contributed by atoms with van der Waals surface area (Å²) in [4.78, 5) is 4.68. The molecule has 0 amide bonds. The van der Waals surface area contributed by atoms with Gasteiger partial charge in [0.1, 0.15) is 5.82 Å². The molecule has 2 aromatic rings. The van der Waals surface area contributed by atoms with E-state index in [0.717, 1.165) is 22.6 Å². The maximum atomic E-state index is 9.36. The van der Waals surface area contributed by atoms with Gasteiger partial charge in [-0.1, -0.05) is 44.4 Å². The van der Waals surface area contributed by atoms with Crippen LogP contribution in [0.1, 0.15) is 44.6 Å². The van der Waals surface area contributed by atoms with Crippen molar-refractivity contribution < 1.29 is 0 Å². The highest BCUT2D eigenvalue weighted by molar-refractivity contribution is 5.86. The van der Waals surface area contributed by atoms with Crippen LogP contribution < -0.4 is 5.32 Å². The van der Waals surface area contributed by atoms with E-state index < -0.39 is 0 Å². The van der Waals surface area contributed by atoms with Crippen molar-refractivity contribution in [1.29, 1.82) is 5.26 Å². The number of aromatic nitrogens is 1. The van der Waals surface area contributed by atoms with Gasteiger partial charge in [-0.3, -0.25) is 0 Å². The molecule has 0 spiro atoms. The van der Waals surface area contributed by atoms with Gasteiger partial charge in [-0.05, 0) is 30.9 Å². The Morgan fingerprint density at radius 2 is 2.10 bits per heavy atom. The molecule has 1 heterocycles. The van der Waals surface area contributed by atoms with Gasteiger partial charge in [-0.2, -0.15) is 5.26 Å². The van der Waals surface area contributed by atoms with Gasteiger partial charge in [0.2, 0.25) is 0 Å². The normalized spacial score (nSPS) is 21.9. The topological polar surface area (TPSA) is 48.7 Å². The first-order valence-corrected chi connectivity index (χ1v) is 7.88. The third-order valence-electron chi connectivity index (χ3n) is 4.60. The zero-order chi connectivity index (χ0) is 14.7. The van der Waals surface area contributed by atoms with Gasteiger partial charge in [0.15, 0.2) is 0 Å². The van der Waals surface area contributed by atoms with Gasteiger partial charge in [0.25, 0.3) is 0 Å². The van der Waals surface area contributed by atoms with Crippen LogP contribution in [-0.2, 0) is 0 Å². The average Bonchev–Trinajstić information content (AvgIpc) is 2.54. The lowest BCUT2D eigenvalue weighted by Gasteiger charge is -2.32. The molecule has 1 aromatic carbocycles. The van der Waals surface area contributed by atoms with E-state index in [-0.39, 0.29) is 0 Å². The molecule has 108 valence electrons. The molecule has 21 heavy (non-hydrogen) atoms. The second-order valence-electron chi connectivity index (χ2n) is 5.89. The van der Waals surface area contributed by atoms with Crippen LogP contribution in [0, 0.1) is 17.2 Å². The Balaban J connectivity index is 1.92. The number of rotatable bonds is 3. The highest BCUT2D eigenvalue weighted by Gasteiger charge is 2.23. The van der Waals surface area contributed by atoms with Gasteiger partial charge >= 0.3 is 0 Å². The molecule has 1 N–H and O–H groups in total. The minimum absolute atomic E-state index is 0.490. The molecule has 0 saturated heterocycles. The van der Waals surface area contributed by atoms with E-state index in [1.165, 1.54) is 32.1 Å².